The lowest BCUT2D eigenvalue weighted by Crippen LogP contribution is -2.22. The molecule has 0 saturated carbocycles. The zero-order chi connectivity index (χ0) is 10.1. The molecule has 14 heavy (non-hydrogen) atoms. The monoisotopic (exact) mass is 209 g/mol. The van der Waals surface area contributed by atoms with Crippen molar-refractivity contribution in [2.75, 3.05) is 6.54 Å². The maximum atomic E-state index is 10.7. The Balaban J connectivity index is 2.36. The average molecular weight is 209 g/mol. The van der Waals surface area contributed by atoms with Crippen molar-refractivity contribution in [1.29, 1.82) is 0 Å². The largest absolute Gasteiger partial charge is 0.478 e. The van der Waals surface area contributed by atoms with Crippen molar-refractivity contribution < 1.29 is 9.90 Å². The molecule has 1 aromatic rings. The molecular formula is C10H11NO2S. The quantitative estimate of drug-likeness (QED) is 0.690. The summed E-state index contributed by atoms with van der Waals surface area (Å²) in [6.45, 7) is 1.66. The first kappa shape index (κ1) is 9.55. The molecule has 2 rings (SSSR count). The van der Waals surface area contributed by atoms with Crippen molar-refractivity contribution in [2.45, 2.75) is 13.0 Å². The summed E-state index contributed by atoms with van der Waals surface area (Å²) >= 11 is 4.27. The van der Waals surface area contributed by atoms with E-state index in [1.54, 1.807) is 12.1 Å². The summed E-state index contributed by atoms with van der Waals surface area (Å²) in [5.74, 6) is -0.860. The van der Waals surface area contributed by atoms with Crippen LogP contribution in [0.1, 0.15) is 21.5 Å². The smallest absolute Gasteiger partial charge is 0.335 e. The van der Waals surface area contributed by atoms with Crippen LogP contribution in [0.3, 0.4) is 0 Å². The van der Waals surface area contributed by atoms with Gasteiger partial charge in [0.2, 0.25) is 0 Å². The normalized spacial score (nSPS) is 16.4. The molecule has 0 atom stereocenters. The summed E-state index contributed by atoms with van der Waals surface area (Å²) in [6.07, 6.45) is 0.875. The van der Waals surface area contributed by atoms with Gasteiger partial charge in [-0.25, -0.2) is 9.10 Å². The summed E-state index contributed by atoms with van der Waals surface area (Å²) < 4.78 is 1.93. The molecule has 4 heteroatoms. The number of aromatic carboxylic acids is 1. The standard InChI is InChI=1S/C10H11NO2S/c12-10(13)8-1-2-9-6-11(14)4-3-7(9)5-8/h1-2,5,14H,3-4,6H2,(H,12,13). The van der Waals surface area contributed by atoms with Crippen LogP contribution >= 0.6 is 12.8 Å². The van der Waals surface area contributed by atoms with Crippen LogP contribution in [-0.2, 0) is 13.0 Å². The Morgan fingerprint density at radius 3 is 2.93 bits per heavy atom. The molecule has 0 radical (unpaired) electrons. The fourth-order valence-corrected chi connectivity index (χ4v) is 1.92. The molecule has 0 unspecified atom stereocenters. The van der Waals surface area contributed by atoms with E-state index in [-0.39, 0.29) is 0 Å². The van der Waals surface area contributed by atoms with Gasteiger partial charge in [0.15, 0.2) is 0 Å². The Morgan fingerprint density at radius 2 is 2.21 bits per heavy atom. The van der Waals surface area contributed by atoms with Crippen molar-refractivity contribution in [3.8, 4) is 0 Å². The summed E-state index contributed by atoms with van der Waals surface area (Å²) in [7, 11) is 0. The molecule has 0 aromatic heterocycles. The fourth-order valence-electron chi connectivity index (χ4n) is 1.67. The summed E-state index contributed by atoms with van der Waals surface area (Å²) in [6, 6.07) is 5.29. The van der Waals surface area contributed by atoms with Gasteiger partial charge in [0.25, 0.3) is 0 Å². The number of carbonyl (C=O) groups is 1. The van der Waals surface area contributed by atoms with E-state index < -0.39 is 5.97 Å². The highest BCUT2D eigenvalue weighted by molar-refractivity contribution is 7.77. The van der Waals surface area contributed by atoms with E-state index in [1.807, 2.05) is 10.4 Å². The molecule has 0 fully saturated rings. The predicted molar refractivity (Wildman–Crippen MR) is 56.5 cm³/mol. The van der Waals surface area contributed by atoms with Crippen molar-refractivity contribution in [3.63, 3.8) is 0 Å². The van der Waals surface area contributed by atoms with E-state index in [4.69, 9.17) is 5.11 Å². The van der Waals surface area contributed by atoms with Gasteiger partial charge in [-0.2, -0.15) is 0 Å². The van der Waals surface area contributed by atoms with E-state index in [0.717, 1.165) is 25.1 Å². The minimum absolute atomic E-state index is 0.372. The molecule has 0 bridgehead atoms. The number of rotatable bonds is 1. The second-order valence-electron chi connectivity index (χ2n) is 3.43. The fraction of sp³-hybridized carbons (Fsp3) is 0.300. The van der Waals surface area contributed by atoms with Crippen molar-refractivity contribution in [3.05, 3.63) is 34.9 Å². The summed E-state index contributed by atoms with van der Waals surface area (Å²) in [5, 5.41) is 8.81. The molecule has 0 amide bonds. The van der Waals surface area contributed by atoms with Crippen LogP contribution in [0.5, 0.6) is 0 Å². The third-order valence-corrected chi connectivity index (χ3v) is 2.79. The lowest BCUT2D eigenvalue weighted by molar-refractivity contribution is 0.0696. The highest BCUT2D eigenvalue weighted by Crippen LogP contribution is 2.21. The Morgan fingerprint density at radius 1 is 1.43 bits per heavy atom. The molecular weight excluding hydrogens is 198 g/mol. The zero-order valence-electron chi connectivity index (χ0n) is 7.60. The van der Waals surface area contributed by atoms with E-state index in [1.165, 1.54) is 5.56 Å². The average Bonchev–Trinajstić information content (AvgIpc) is 2.16. The first-order valence-electron chi connectivity index (χ1n) is 4.46. The molecule has 0 aliphatic carbocycles. The van der Waals surface area contributed by atoms with E-state index in [0.29, 0.717) is 5.56 Å². The van der Waals surface area contributed by atoms with Crippen LogP contribution in [0.15, 0.2) is 18.2 Å². The van der Waals surface area contributed by atoms with Crippen LogP contribution in [0.4, 0.5) is 0 Å². The molecule has 0 saturated heterocycles. The lowest BCUT2D eigenvalue weighted by atomic mass is 9.98. The van der Waals surface area contributed by atoms with Crippen molar-refractivity contribution in [2.24, 2.45) is 0 Å². The summed E-state index contributed by atoms with van der Waals surface area (Å²) in [4.78, 5) is 10.7. The number of fused-ring (bicyclic) bond motifs is 1. The number of thiol groups is 1. The van der Waals surface area contributed by atoms with Gasteiger partial charge in [0, 0.05) is 13.1 Å². The molecule has 1 aromatic carbocycles. The lowest BCUT2D eigenvalue weighted by Gasteiger charge is -2.23. The van der Waals surface area contributed by atoms with Gasteiger partial charge in [-0.05, 0) is 29.7 Å². The maximum absolute atomic E-state index is 10.7. The highest BCUT2D eigenvalue weighted by atomic mass is 32.1. The maximum Gasteiger partial charge on any atom is 0.335 e. The second kappa shape index (κ2) is 3.63. The Bertz CT molecular complexity index is 378. The van der Waals surface area contributed by atoms with Gasteiger partial charge >= 0.3 is 5.97 Å². The minimum atomic E-state index is -0.860. The number of carboxylic acid groups (broad SMARTS) is 1. The third-order valence-electron chi connectivity index (χ3n) is 2.45. The Hall–Kier alpha value is -1.00. The second-order valence-corrected chi connectivity index (χ2v) is 3.99. The number of hydrogen-bond donors (Lipinski definition) is 2. The summed E-state index contributed by atoms with van der Waals surface area (Å²) in [5.41, 5.74) is 2.68. The minimum Gasteiger partial charge on any atom is -0.478 e. The molecule has 1 heterocycles. The molecule has 1 aliphatic rings. The van der Waals surface area contributed by atoms with Crippen LogP contribution in [0.25, 0.3) is 0 Å². The molecule has 1 aliphatic heterocycles. The van der Waals surface area contributed by atoms with E-state index in [2.05, 4.69) is 12.8 Å². The van der Waals surface area contributed by atoms with Crippen molar-refractivity contribution >= 4 is 18.8 Å². The van der Waals surface area contributed by atoms with Gasteiger partial charge in [-0.15, -0.1) is 0 Å². The number of carboxylic acids is 1. The van der Waals surface area contributed by atoms with Crippen LogP contribution < -0.4 is 0 Å². The van der Waals surface area contributed by atoms with Crippen molar-refractivity contribution in [1.82, 2.24) is 4.31 Å². The molecule has 0 spiro atoms. The Kier molecular flexibility index (Phi) is 2.48. The first-order chi connectivity index (χ1) is 6.66. The van der Waals surface area contributed by atoms with Crippen LogP contribution in [-0.4, -0.2) is 21.9 Å². The van der Waals surface area contributed by atoms with Gasteiger partial charge in [-0.1, -0.05) is 18.9 Å². The highest BCUT2D eigenvalue weighted by Gasteiger charge is 2.15. The SMILES string of the molecule is O=C(O)c1ccc2c(c1)CCN(S)C2. The third kappa shape index (κ3) is 1.76. The van der Waals surface area contributed by atoms with Gasteiger partial charge in [0.1, 0.15) is 0 Å². The zero-order valence-corrected chi connectivity index (χ0v) is 8.50. The first-order valence-corrected chi connectivity index (χ1v) is 4.86. The van der Waals surface area contributed by atoms with Crippen LogP contribution in [0.2, 0.25) is 0 Å². The van der Waals surface area contributed by atoms with E-state index in [9.17, 15) is 4.79 Å². The number of hydrogen-bond acceptors (Lipinski definition) is 3. The Labute approximate surface area is 87.9 Å². The molecule has 1 N–H and O–H groups in total. The van der Waals surface area contributed by atoms with Crippen LogP contribution in [0, 0.1) is 0 Å². The number of benzene rings is 1. The van der Waals surface area contributed by atoms with Gasteiger partial charge in [0.05, 0.1) is 5.56 Å². The van der Waals surface area contributed by atoms with Gasteiger partial charge in [-0.3, -0.25) is 0 Å². The molecule has 3 nitrogen and oxygen atoms in total. The van der Waals surface area contributed by atoms with Gasteiger partial charge < -0.3 is 5.11 Å². The van der Waals surface area contributed by atoms with E-state index >= 15 is 0 Å². The topological polar surface area (TPSA) is 40.5 Å². The predicted octanol–water partition coefficient (Wildman–Crippen LogP) is 1.59. The number of nitrogens with zero attached hydrogens (tertiary/aromatic N) is 1. The molecule has 74 valence electrons.